The van der Waals surface area contributed by atoms with E-state index in [0.29, 0.717) is 11.7 Å². The number of phenolic OH excluding ortho intramolecular Hbond substituents is 1. The topological polar surface area (TPSA) is 46.2 Å². The van der Waals surface area contributed by atoms with Crippen LogP contribution in [0.1, 0.15) is 43.0 Å². The Bertz CT molecular complexity index is 323. The molecule has 84 valence electrons. The van der Waals surface area contributed by atoms with Crippen LogP contribution in [-0.4, -0.2) is 5.11 Å². The Balaban J connectivity index is 3.06. The summed E-state index contributed by atoms with van der Waals surface area (Å²) in [7, 11) is 0. The van der Waals surface area contributed by atoms with Crippen LogP contribution in [0.4, 0.5) is 0 Å². The molecule has 0 saturated heterocycles. The van der Waals surface area contributed by atoms with Crippen molar-refractivity contribution in [1.82, 2.24) is 0 Å². The lowest BCUT2D eigenvalue weighted by molar-refractivity contribution is 0.450. The van der Waals surface area contributed by atoms with Crippen LogP contribution in [0.5, 0.6) is 5.75 Å². The SMILES string of the molecule is CCC(C)[C@H](N)c1cc(C)c(O)c(C)c1. The second kappa shape index (κ2) is 4.67. The van der Waals surface area contributed by atoms with Crippen molar-refractivity contribution in [3.05, 3.63) is 28.8 Å². The number of benzene rings is 1. The molecule has 1 aromatic carbocycles. The molecule has 2 atom stereocenters. The first-order valence-corrected chi connectivity index (χ1v) is 5.53. The van der Waals surface area contributed by atoms with Gasteiger partial charge in [-0.25, -0.2) is 0 Å². The summed E-state index contributed by atoms with van der Waals surface area (Å²) < 4.78 is 0. The van der Waals surface area contributed by atoms with E-state index in [2.05, 4.69) is 13.8 Å². The zero-order valence-electron chi connectivity index (χ0n) is 10.0. The Morgan fingerprint density at radius 2 is 1.73 bits per heavy atom. The van der Waals surface area contributed by atoms with Crippen molar-refractivity contribution >= 4 is 0 Å². The number of rotatable bonds is 3. The second-order valence-electron chi connectivity index (χ2n) is 4.41. The molecule has 0 aliphatic heterocycles. The average molecular weight is 207 g/mol. The molecule has 0 aliphatic rings. The summed E-state index contributed by atoms with van der Waals surface area (Å²) in [6.45, 7) is 8.12. The van der Waals surface area contributed by atoms with Gasteiger partial charge in [0.2, 0.25) is 0 Å². The quantitative estimate of drug-likeness (QED) is 0.800. The standard InChI is InChI=1S/C13H21NO/c1-5-8(2)12(14)11-6-9(3)13(15)10(4)7-11/h6-8,12,15H,5,14H2,1-4H3/t8?,12-/m0/s1. The van der Waals surface area contributed by atoms with Gasteiger partial charge in [0.1, 0.15) is 5.75 Å². The molecule has 0 saturated carbocycles. The third-order valence-corrected chi connectivity index (χ3v) is 3.16. The van der Waals surface area contributed by atoms with Crippen molar-refractivity contribution in [3.8, 4) is 5.75 Å². The van der Waals surface area contributed by atoms with E-state index < -0.39 is 0 Å². The number of hydrogen-bond donors (Lipinski definition) is 2. The van der Waals surface area contributed by atoms with E-state index in [-0.39, 0.29) is 6.04 Å². The normalized spacial score (nSPS) is 15.0. The van der Waals surface area contributed by atoms with E-state index in [0.717, 1.165) is 23.1 Å². The molecule has 0 aromatic heterocycles. The molecule has 0 radical (unpaired) electrons. The number of phenols is 1. The number of aromatic hydroxyl groups is 1. The Morgan fingerprint density at radius 3 is 2.13 bits per heavy atom. The van der Waals surface area contributed by atoms with Crippen molar-refractivity contribution in [2.24, 2.45) is 11.7 Å². The van der Waals surface area contributed by atoms with Crippen LogP contribution in [0.3, 0.4) is 0 Å². The van der Waals surface area contributed by atoms with Gasteiger partial charge in [0.05, 0.1) is 0 Å². The molecule has 0 spiro atoms. The minimum absolute atomic E-state index is 0.0630. The molecule has 0 fully saturated rings. The molecule has 2 nitrogen and oxygen atoms in total. The van der Waals surface area contributed by atoms with Crippen molar-refractivity contribution < 1.29 is 5.11 Å². The van der Waals surface area contributed by atoms with Gasteiger partial charge in [-0.2, -0.15) is 0 Å². The van der Waals surface area contributed by atoms with Crippen LogP contribution in [0.2, 0.25) is 0 Å². The summed E-state index contributed by atoms with van der Waals surface area (Å²) in [5.41, 5.74) is 9.09. The lowest BCUT2D eigenvalue weighted by Crippen LogP contribution is -2.18. The summed E-state index contributed by atoms with van der Waals surface area (Å²) in [4.78, 5) is 0. The van der Waals surface area contributed by atoms with Gasteiger partial charge in [-0.15, -0.1) is 0 Å². The molecular weight excluding hydrogens is 186 g/mol. The lowest BCUT2D eigenvalue weighted by Gasteiger charge is -2.20. The van der Waals surface area contributed by atoms with Crippen LogP contribution in [0.15, 0.2) is 12.1 Å². The Morgan fingerprint density at radius 1 is 1.27 bits per heavy atom. The maximum absolute atomic E-state index is 9.67. The third kappa shape index (κ3) is 2.51. The van der Waals surface area contributed by atoms with Gasteiger partial charge in [0.25, 0.3) is 0 Å². The number of aryl methyl sites for hydroxylation is 2. The van der Waals surface area contributed by atoms with Gasteiger partial charge < -0.3 is 10.8 Å². The first-order chi connectivity index (χ1) is 6.97. The first kappa shape index (κ1) is 12.1. The molecule has 1 unspecified atom stereocenters. The fourth-order valence-electron chi connectivity index (χ4n) is 1.76. The van der Waals surface area contributed by atoms with Crippen LogP contribution in [0, 0.1) is 19.8 Å². The zero-order chi connectivity index (χ0) is 11.6. The molecule has 0 heterocycles. The minimum Gasteiger partial charge on any atom is -0.507 e. The van der Waals surface area contributed by atoms with Crippen molar-refractivity contribution in [1.29, 1.82) is 0 Å². The first-order valence-electron chi connectivity index (χ1n) is 5.53. The maximum Gasteiger partial charge on any atom is 0.121 e. The summed E-state index contributed by atoms with van der Waals surface area (Å²) in [6.07, 6.45) is 1.07. The molecule has 0 amide bonds. The molecule has 1 rings (SSSR count). The molecule has 0 bridgehead atoms. The smallest absolute Gasteiger partial charge is 0.121 e. The van der Waals surface area contributed by atoms with E-state index in [4.69, 9.17) is 5.73 Å². The van der Waals surface area contributed by atoms with E-state index >= 15 is 0 Å². The minimum atomic E-state index is 0.0630. The fraction of sp³-hybridized carbons (Fsp3) is 0.538. The summed E-state index contributed by atoms with van der Waals surface area (Å²) in [5.74, 6) is 0.850. The van der Waals surface area contributed by atoms with E-state index in [1.165, 1.54) is 0 Å². The summed E-state index contributed by atoms with van der Waals surface area (Å²) in [6, 6.07) is 4.03. The Kier molecular flexibility index (Phi) is 3.75. The predicted molar refractivity (Wildman–Crippen MR) is 64.0 cm³/mol. The van der Waals surface area contributed by atoms with Gasteiger partial charge in [-0.05, 0) is 36.5 Å². The molecular formula is C13H21NO. The second-order valence-corrected chi connectivity index (χ2v) is 4.41. The fourth-order valence-corrected chi connectivity index (χ4v) is 1.76. The van der Waals surface area contributed by atoms with Gasteiger partial charge in [0, 0.05) is 6.04 Å². The predicted octanol–water partition coefficient (Wildman–Crippen LogP) is 3.05. The summed E-state index contributed by atoms with van der Waals surface area (Å²) in [5, 5.41) is 9.67. The van der Waals surface area contributed by atoms with Crippen LogP contribution < -0.4 is 5.73 Å². The third-order valence-electron chi connectivity index (χ3n) is 3.16. The van der Waals surface area contributed by atoms with Crippen molar-refractivity contribution in [2.75, 3.05) is 0 Å². The van der Waals surface area contributed by atoms with Gasteiger partial charge in [-0.3, -0.25) is 0 Å². The molecule has 3 N–H and O–H groups in total. The highest BCUT2D eigenvalue weighted by Crippen LogP contribution is 2.28. The molecule has 15 heavy (non-hydrogen) atoms. The average Bonchev–Trinajstić information content (AvgIpc) is 2.23. The number of hydrogen-bond acceptors (Lipinski definition) is 2. The number of nitrogens with two attached hydrogens (primary N) is 1. The molecule has 0 aliphatic carbocycles. The van der Waals surface area contributed by atoms with E-state index in [9.17, 15) is 5.11 Å². The van der Waals surface area contributed by atoms with E-state index in [1.807, 2.05) is 26.0 Å². The highest BCUT2D eigenvalue weighted by Gasteiger charge is 2.15. The lowest BCUT2D eigenvalue weighted by atomic mass is 9.91. The Hall–Kier alpha value is -1.02. The Labute approximate surface area is 92.1 Å². The molecule has 2 heteroatoms. The zero-order valence-corrected chi connectivity index (χ0v) is 10.0. The van der Waals surface area contributed by atoms with E-state index in [1.54, 1.807) is 0 Å². The van der Waals surface area contributed by atoms with Crippen LogP contribution in [0.25, 0.3) is 0 Å². The van der Waals surface area contributed by atoms with Crippen molar-refractivity contribution in [3.63, 3.8) is 0 Å². The van der Waals surface area contributed by atoms with Gasteiger partial charge in [-0.1, -0.05) is 32.4 Å². The highest BCUT2D eigenvalue weighted by atomic mass is 16.3. The van der Waals surface area contributed by atoms with Crippen LogP contribution in [-0.2, 0) is 0 Å². The van der Waals surface area contributed by atoms with Crippen molar-refractivity contribution in [2.45, 2.75) is 40.2 Å². The molecule has 1 aromatic rings. The largest absolute Gasteiger partial charge is 0.507 e. The van der Waals surface area contributed by atoms with Crippen LogP contribution >= 0.6 is 0 Å². The van der Waals surface area contributed by atoms with Gasteiger partial charge in [0.15, 0.2) is 0 Å². The summed E-state index contributed by atoms with van der Waals surface area (Å²) >= 11 is 0. The monoisotopic (exact) mass is 207 g/mol. The highest BCUT2D eigenvalue weighted by molar-refractivity contribution is 5.43. The maximum atomic E-state index is 9.67. The van der Waals surface area contributed by atoms with Gasteiger partial charge >= 0.3 is 0 Å².